The molecular weight excluding hydrogens is 369 g/mol. The zero-order valence-corrected chi connectivity index (χ0v) is 13.4. The van der Waals surface area contributed by atoms with Crippen molar-refractivity contribution >= 4 is 49.4 Å². The highest BCUT2D eigenvalue weighted by Crippen LogP contribution is 2.21. The maximum Gasteiger partial charge on any atom is 0.252 e. The van der Waals surface area contributed by atoms with Gasteiger partial charge in [-0.15, -0.1) is 0 Å². The quantitative estimate of drug-likeness (QED) is 0.757. The van der Waals surface area contributed by atoms with Crippen molar-refractivity contribution in [1.82, 2.24) is 5.32 Å². The van der Waals surface area contributed by atoms with Gasteiger partial charge in [-0.1, -0.05) is 34.5 Å². The van der Waals surface area contributed by atoms with E-state index in [-0.39, 0.29) is 5.91 Å². The molecule has 0 heterocycles. The van der Waals surface area contributed by atoms with Gasteiger partial charge in [0.05, 0.1) is 5.56 Å². The molecule has 1 unspecified atom stereocenters. The number of amides is 1. The molecule has 17 heavy (non-hydrogen) atoms. The highest BCUT2D eigenvalue weighted by molar-refractivity contribution is 9.10. The minimum atomic E-state index is -0.0965. The molecule has 1 rings (SSSR count). The Morgan fingerprint density at radius 3 is 2.88 bits per heavy atom. The number of carbonyl (C=O) groups excluding carboxylic acids is 1. The highest BCUT2D eigenvalue weighted by atomic mass is 79.9. The monoisotopic (exact) mass is 381 g/mol. The zero-order chi connectivity index (χ0) is 12.8. The Kier molecular flexibility index (Phi) is 6.52. The van der Waals surface area contributed by atoms with Gasteiger partial charge in [0.15, 0.2) is 0 Å². The Balaban J connectivity index is 2.61. The average molecular weight is 384 g/mol. The summed E-state index contributed by atoms with van der Waals surface area (Å²) >= 11 is 12.6. The molecule has 2 nitrogen and oxygen atoms in total. The van der Waals surface area contributed by atoms with Gasteiger partial charge in [-0.3, -0.25) is 4.79 Å². The normalized spacial score (nSPS) is 12.2. The summed E-state index contributed by atoms with van der Waals surface area (Å²) < 4.78 is 0.757. The summed E-state index contributed by atoms with van der Waals surface area (Å²) in [7, 11) is 0. The Labute approximate surface area is 123 Å². The van der Waals surface area contributed by atoms with Gasteiger partial charge < -0.3 is 5.32 Å². The summed E-state index contributed by atoms with van der Waals surface area (Å²) in [6, 6.07) is 5.19. The van der Waals surface area contributed by atoms with Crippen molar-refractivity contribution < 1.29 is 4.79 Å². The van der Waals surface area contributed by atoms with E-state index in [1.807, 2.05) is 0 Å². The second-order valence-electron chi connectivity index (χ2n) is 3.92. The van der Waals surface area contributed by atoms with Crippen LogP contribution in [0.5, 0.6) is 0 Å². The van der Waals surface area contributed by atoms with Crippen molar-refractivity contribution in [2.24, 2.45) is 5.92 Å². The average Bonchev–Trinajstić information content (AvgIpc) is 2.29. The number of hydrogen-bond donors (Lipinski definition) is 1. The van der Waals surface area contributed by atoms with Crippen molar-refractivity contribution in [3.63, 3.8) is 0 Å². The largest absolute Gasteiger partial charge is 0.352 e. The van der Waals surface area contributed by atoms with Crippen LogP contribution in [0.1, 0.15) is 23.7 Å². The molecule has 0 aliphatic heterocycles. The summed E-state index contributed by atoms with van der Waals surface area (Å²) in [6.45, 7) is 2.78. The van der Waals surface area contributed by atoms with Crippen LogP contribution in [0.2, 0.25) is 5.02 Å². The van der Waals surface area contributed by atoms with Gasteiger partial charge in [0.2, 0.25) is 0 Å². The van der Waals surface area contributed by atoms with Crippen molar-refractivity contribution in [1.29, 1.82) is 0 Å². The Morgan fingerprint density at radius 2 is 2.24 bits per heavy atom. The summed E-state index contributed by atoms with van der Waals surface area (Å²) in [4.78, 5) is 11.9. The number of nitrogens with one attached hydrogen (secondary N) is 1. The Hall–Kier alpha value is -0.0600. The molecule has 94 valence electrons. The van der Waals surface area contributed by atoms with Crippen LogP contribution in [0.15, 0.2) is 22.7 Å². The minimum Gasteiger partial charge on any atom is -0.352 e. The topological polar surface area (TPSA) is 29.1 Å². The molecule has 1 aromatic rings. The van der Waals surface area contributed by atoms with Crippen LogP contribution >= 0.6 is 43.5 Å². The summed E-state index contributed by atoms with van der Waals surface area (Å²) in [5, 5.41) is 4.41. The molecule has 0 saturated carbocycles. The van der Waals surface area contributed by atoms with Crippen LogP contribution in [0.4, 0.5) is 0 Å². The van der Waals surface area contributed by atoms with Crippen molar-refractivity contribution in [2.75, 3.05) is 11.9 Å². The van der Waals surface area contributed by atoms with E-state index >= 15 is 0 Å². The van der Waals surface area contributed by atoms with E-state index < -0.39 is 0 Å². The van der Waals surface area contributed by atoms with E-state index in [1.165, 1.54) is 0 Å². The molecule has 1 amide bonds. The van der Waals surface area contributed by atoms with E-state index in [0.717, 1.165) is 16.2 Å². The summed E-state index contributed by atoms with van der Waals surface area (Å²) in [5.74, 6) is 0.358. The van der Waals surface area contributed by atoms with Crippen molar-refractivity contribution in [3.05, 3.63) is 33.3 Å². The van der Waals surface area contributed by atoms with E-state index in [0.29, 0.717) is 23.0 Å². The smallest absolute Gasteiger partial charge is 0.252 e. The van der Waals surface area contributed by atoms with Gasteiger partial charge in [0.1, 0.15) is 0 Å². The molecule has 1 aromatic carbocycles. The van der Waals surface area contributed by atoms with E-state index in [2.05, 4.69) is 44.1 Å². The third-order valence-electron chi connectivity index (χ3n) is 2.39. The Morgan fingerprint density at radius 1 is 1.53 bits per heavy atom. The molecule has 0 spiro atoms. The fraction of sp³-hybridized carbons (Fsp3) is 0.417. The van der Waals surface area contributed by atoms with E-state index in [1.54, 1.807) is 18.2 Å². The molecule has 0 aliphatic carbocycles. The molecule has 5 heteroatoms. The number of hydrogen-bond acceptors (Lipinski definition) is 1. The van der Waals surface area contributed by atoms with Crippen molar-refractivity contribution in [3.8, 4) is 0 Å². The number of alkyl halides is 1. The highest BCUT2D eigenvalue weighted by Gasteiger charge is 2.11. The maximum absolute atomic E-state index is 11.9. The lowest BCUT2D eigenvalue weighted by atomic mass is 10.1. The number of carbonyl (C=O) groups is 1. The van der Waals surface area contributed by atoms with Crippen molar-refractivity contribution in [2.45, 2.75) is 13.3 Å². The second kappa shape index (κ2) is 7.39. The number of rotatable bonds is 5. The van der Waals surface area contributed by atoms with Crippen LogP contribution in [0.25, 0.3) is 0 Å². The zero-order valence-electron chi connectivity index (χ0n) is 9.47. The summed E-state index contributed by atoms with van der Waals surface area (Å²) in [6.07, 6.45) is 1.04. The molecule has 1 atom stereocenters. The predicted molar refractivity (Wildman–Crippen MR) is 79.1 cm³/mol. The molecule has 1 N–H and O–H groups in total. The van der Waals surface area contributed by atoms with Gasteiger partial charge in [-0.05, 0) is 46.5 Å². The lowest BCUT2D eigenvalue weighted by Gasteiger charge is -2.12. The first-order chi connectivity index (χ1) is 8.04. The Bertz CT molecular complexity index is 398. The first-order valence-electron chi connectivity index (χ1n) is 5.33. The molecule has 0 radical (unpaired) electrons. The third-order valence-corrected chi connectivity index (χ3v) is 3.77. The maximum atomic E-state index is 11.9. The second-order valence-corrected chi connectivity index (χ2v) is 6.00. The van der Waals surface area contributed by atoms with Crippen LogP contribution in [-0.4, -0.2) is 17.8 Å². The standard InChI is InChI=1S/C12H14Br2ClNO/c1-8(4-5-13)7-16-12(17)10-6-9(15)2-3-11(10)14/h2-3,6,8H,4-5,7H2,1H3,(H,16,17). The third kappa shape index (κ3) is 4.98. The fourth-order valence-electron chi connectivity index (χ4n) is 1.32. The molecule has 0 fully saturated rings. The SMILES string of the molecule is CC(CCBr)CNC(=O)c1cc(Cl)ccc1Br. The lowest BCUT2D eigenvalue weighted by molar-refractivity contribution is 0.0947. The first kappa shape index (κ1) is 15.0. The molecule has 0 aromatic heterocycles. The molecule has 0 saturated heterocycles. The number of halogens is 3. The molecular formula is C12H14Br2ClNO. The van der Waals surface area contributed by atoms with Crippen LogP contribution < -0.4 is 5.32 Å². The molecule has 0 bridgehead atoms. The minimum absolute atomic E-state index is 0.0965. The van der Waals surface area contributed by atoms with Gasteiger partial charge in [0, 0.05) is 21.4 Å². The van der Waals surface area contributed by atoms with Crippen LogP contribution in [0.3, 0.4) is 0 Å². The van der Waals surface area contributed by atoms with E-state index in [9.17, 15) is 4.79 Å². The van der Waals surface area contributed by atoms with Crippen LogP contribution in [-0.2, 0) is 0 Å². The lowest BCUT2D eigenvalue weighted by Crippen LogP contribution is -2.28. The van der Waals surface area contributed by atoms with Gasteiger partial charge in [-0.25, -0.2) is 0 Å². The fourth-order valence-corrected chi connectivity index (χ4v) is 2.70. The first-order valence-corrected chi connectivity index (χ1v) is 7.63. The van der Waals surface area contributed by atoms with Gasteiger partial charge >= 0.3 is 0 Å². The van der Waals surface area contributed by atoms with Gasteiger partial charge in [0.25, 0.3) is 5.91 Å². The number of benzene rings is 1. The van der Waals surface area contributed by atoms with E-state index in [4.69, 9.17) is 11.6 Å². The summed E-state index contributed by atoms with van der Waals surface area (Å²) in [5.41, 5.74) is 0.573. The van der Waals surface area contributed by atoms with Gasteiger partial charge in [-0.2, -0.15) is 0 Å². The molecule has 0 aliphatic rings. The van der Waals surface area contributed by atoms with Crippen LogP contribution in [0, 0.1) is 5.92 Å². The predicted octanol–water partition coefficient (Wildman–Crippen LogP) is 4.25.